The van der Waals surface area contributed by atoms with Crippen LogP contribution in [0.25, 0.3) is 0 Å². The van der Waals surface area contributed by atoms with Gasteiger partial charge in [0.2, 0.25) is 5.91 Å². The SMILES string of the molecule is Cn1ccnc1C(O)C1CCN(C(=O)CCSCc2ccccc2)CC1. The Kier molecular flexibility index (Phi) is 6.74. The van der Waals surface area contributed by atoms with E-state index in [2.05, 4.69) is 17.1 Å². The van der Waals surface area contributed by atoms with Crippen LogP contribution >= 0.6 is 11.8 Å². The summed E-state index contributed by atoms with van der Waals surface area (Å²) in [6.07, 6.45) is 5.26. The molecule has 0 spiro atoms. The third kappa shape index (κ3) is 4.89. The Labute approximate surface area is 159 Å². The van der Waals surface area contributed by atoms with E-state index in [-0.39, 0.29) is 11.8 Å². The Morgan fingerprint density at radius 1 is 1.31 bits per heavy atom. The van der Waals surface area contributed by atoms with Crippen molar-refractivity contribution in [1.29, 1.82) is 0 Å². The number of likely N-dealkylation sites (tertiary alicyclic amines) is 1. The van der Waals surface area contributed by atoms with E-state index in [0.717, 1.165) is 37.4 Å². The van der Waals surface area contributed by atoms with Crippen LogP contribution in [-0.4, -0.2) is 44.3 Å². The van der Waals surface area contributed by atoms with Crippen molar-refractivity contribution in [2.45, 2.75) is 31.1 Å². The smallest absolute Gasteiger partial charge is 0.223 e. The lowest BCUT2D eigenvalue weighted by atomic mass is 9.90. The summed E-state index contributed by atoms with van der Waals surface area (Å²) in [5.41, 5.74) is 1.30. The van der Waals surface area contributed by atoms with Crippen molar-refractivity contribution >= 4 is 17.7 Å². The number of rotatable bonds is 7. The number of hydrogen-bond donors (Lipinski definition) is 1. The Hall–Kier alpha value is -1.79. The Morgan fingerprint density at radius 3 is 2.69 bits per heavy atom. The zero-order chi connectivity index (χ0) is 18.4. The topological polar surface area (TPSA) is 58.4 Å². The lowest BCUT2D eigenvalue weighted by Crippen LogP contribution is -2.40. The second kappa shape index (κ2) is 9.24. The molecule has 1 saturated heterocycles. The predicted octanol–water partition coefficient (Wildman–Crippen LogP) is 3.02. The molecule has 1 N–H and O–H groups in total. The summed E-state index contributed by atoms with van der Waals surface area (Å²) >= 11 is 1.81. The van der Waals surface area contributed by atoms with Crippen molar-refractivity contribution in [1.82, 2.24) is 14.5 Å². The summed E-state index contributed by atoms with van der Waals surface area (Å²) in [6.45, 7) is 1.46. The Morgan fingerprint density at radius 2 is 2.04 bits per heavy atom. The van der Waals surface area contributed by atoms with Gasteiger partial charge in [-0.05, 0) is 24.3 Å². The molecule has 140 valence electrons. The first-order chi connectivity index (χ1) is 12.6. The average Bonchev–Trinajstić information content (AvgIpc) is 3.11. The monoisotopic (exact) mass is 373 g/mol. The standard InChI is InChI=1S/C20H27N3O2S/c1-22-13-10-21-20(22)19(25)17-7-11-23(12-8-17)18(24)9-14-26-15-16-5-3-2-4-6-16/h2-6,10,13,17,19,25H,7-9,11-12,14-15H2,1H3. The van der Waals surface area contributed by atoms with Crippen LogP contribution in [0.1, 0.15) is 36.8 Å². The highest BCUT2D eigenvalue weighted by Crippen LogP contribution is 2.30. The number of carbonyl (C=O) groups excluding carboxylic acids is 1. The van der Waals surface area contributed by atoms with Gasteiger partial charge in [0.15, 0.2) is 0 Å². The molecule has 3 rings (SSSR count). The van der Waals surface area contributed by atoms with Gasteiger partial charge in [-0.25, -0.2) is 4.98 Å². The van der Waals surface area contributed by atoms with Gasteiger partial charge in [-0.1, -0.05) is 30.3 Å². The van der Waals surface area contributed by atoms with Crippen molar-refractivity contribution < 1.29 is 9.90 Å². The molecule has 1 amide bonds. The summed E-state index contributed by atoms with van der Waals surface area (Å²) in [7, 11) is 1.90. The number of aryl methyl sites for hydroxylation is 1. The molecule has 0 saturated carbocycles. The maximum absolute atomic E-state index is 12.4. The Balaban J connectivity index is 1.37. The maximum Gasteiger partial charge on any atom is 0.223 e. The minimum atomic E-state index is -0.548. The van der Waals surface area contributed by atoms with Gasteiger partial charge < -0.3 is 14.6 Å². The van der Waals surface area contributed by atoms with Crippen molar-refractivity contribution in [2.75, 3.05) is 18.8 Å². The summed E-state index contributed by atoms with van der Waals surface area (Å²) in [5.74, 6) is 2.92. The fraction of sp³-hybridized carbons (Fsp3) is 0.500. The van der Waals surface area contributed by atoms with Crippen molar-refractivity contribution in [3.63, 3.8) is 0 Å². The molecule has 1 atom stereocenters. The van der Waals surface area contributed by atoms with Gasteiger partial charge >= 0.3 is 0 Å². The van der Waals surface area contributed by atoms with Crippen LogP contribution in [0, 0.1) is 5.92 Å². The third-order valence-corrected chi connectivity index (χ3v) is 6.06. The lowest BCUT2D eigenvalue weighted by molar-refractivity contribution is -0.132. The lowest BCUT2D eigenvalue weighted by Gasteiger charge is -2.34. The number of aromatic nitrogens is 2. The molecule has 1 fully saturated rings. The number of aliphatic hydroxyl groups excluding tert-OH is 1. The van der Waals surface area contributed by atoms with E-state index in [9.17, 15) is 9.90 Å². The first-order valence-electron chi connectivity index (χ1n) is 9.20. The van der Waals surface area contributed by atoms with E-state index in [1.807, 2.05) is 40.9 Å². The maximum atomic E-state index is 12.4. The zero-order valence-electron chi connectivity index (χ0n) is 15.3. The number of benzene rings is 1. The molecule has 1 aromatic carbocycles. The molecule has 0 radical (unpaired) electrons. The van der Waals surface area contributed by atoms with E-state index in [1.54, 1.807) is 18.0 Å². The first kappa shape index (κ1) is 19.0. The number of aliphatic hydroxyl groups is 1. The molecule has 1 aliphatic rings. The molecule has 26 heavy (non-hydrogen) atoms. The molecule has 1 aliphatic heterocycles. The van der Waals surface area contributed by atoms with Crippen LogP contribution in [-0.2, 0) is 17.6 Å². The van der Waals surface area contributed by atoms with Crippen molar-refractivity contribution in [2.24, 2.45) is 13.0 Å². The van der Waals surface area contributed by atoms with Gasteiger partial charge in [-0.3, -0.25) is 4.79 Å². The molecule has 2 heterocycles. The number of imidazole rings is 1. The van der Waals surface area contributed by atoms with E-state index in [4.69, 9.17) is 0 Å². The van der Waals surface area contributed by atoms with E-state index >= 15 is 0 Å². The highest BCUT2D eigenvalue weighted by Gasteiger charge is 2.29. The molecular weight excluding hydrogens is 346 g/mol. The summed E-state index contributed by atoms with van der Waals surface area (Å²) in [4.78, 5) is 18.6. The third-order valence-electron chi connectivity index (χ3n) is 5.03. The molecular formula is C20H27N3O2S. The molecule has 2 aromatic rings. The van der Waals surface area contributed by atoms with Crippen molar-refractivity contribution in [3.8, 4) is 0 Å². The average molecular weight is 374 g/mol. The van der Waals surface area contributed by atoms with Crippen LogP contribution in [0.4, 0.5) is 0 Å². The molecule has 0 bridgehead atoms. The van der Waals surface area contributed by atoms with Gasteiger partial charge in [-0.15, -0.1) is 0 Å². The second-order valence-electron chi connectivity index (χ2n) is 6.85. The summed E-state index contributed by atoms with van der Waals surface area (Å²) in [5, 5.41) is 10.5. The summed E-state index contributed by atoms with van der Waals surface area (Å²) < 4.78 is 1.87. The number of piperidine rings is 1. The predicted molar refractivity (Wildman–Crippen MR) is 105 cm³/mol. The molecule has 1 unspecified atom stereocenters. The summed E-state index contributed by atoms with van der Waals surface area (Å²) in [6, 6.07) is 10.3. The number of thioether (sulfide) groups is 1. The molecule has 0 aliphatic carbocycles. The van der Waals surface area contributed by atoms with Crippen LogP contribution in [0.15, 0.2) is 42.7 Å². The largest absolute Gasteiger partial charge is 0.385 e. The van der Waals surface area contributed by atoms with Crippen LogP contribution in [0.5, 0.6) is 0 Å². The van der Waals surface area contributed by atoms with Gasteiger partial charge in [0.25, 0.3) is 0 Å². The van der Waals surface area contributed by atoms with Gasteiger partial charge in [0.1, 0.15) is 11.9 Å². The quantitative estimate of drug-likeness (QED) is 0.758. The highest BCUT2D eigenvalue weighted by atomic mass is 32.2. The van der Waals surface area contributed by atoms with E-state index in [0.29, 0.717) is 12.2 Å². The number of hydrogen-bond acceptors (Lipinski definition) is 4. The van der Waals surface area contributed by atoms with Gasteiger partial charge in [0.05, 0.1) is 0 Å². The number of nitrogens with zero attached hydrogens (tertiary/aromatic N) is 3. The number of amides is 1. The van der Waals surface area contributed by atoms with E-state index < -0.39 is 6.10 Å². The van der Waals surface area contributed by atoms with Crippen LogP contribution in [0.2, 0.25) is 0 Å². The van der Waals surface area contributed by atoms with Gasteiger partial charge in [0, 0.05) is 50.5 Å². The minimum absolute atomic E-state index is 0.174. The first-order valence-corrected chi connectivity index (χ1v) is 10.4. The fourth-order valence-electron chi connectivity index (χ4n) is 3.42. The van der Waals surface area contributed by atoms with E-state index in [1.165, 1.54) is 5.56 Å². The molecule has 6 heteroatoms. The zero-order valence-corrected chi connectivity index (χ0v) is 16.1. The van der Waals surface area contributed by atoms with Gasteiger partial charge in [-0.2, -0.15) is 11.8 Å². The van der Waals surface area contributed by atoms with Crippen LogP contribution < -0.4 is 0 Å². The molecule has 5 nitrogen and oxygen atoms in total. The number of carbonyl (C=O) groups is 1. The normalized spacial score (nSPS) is 16.6. The molecule has 1 aromatic heterocycles. The van der Waals surface area contributed by atoms with Crippen molar-refractivity contribution in [3.05, 3.63) is 54.1 Å². The second-order valence-corrected chi connectivity index (χ2v) is 7.95. The van der Waals surface area contributed by atoms with Crippen LogP contribution in [0.3, 0.4) is 0 Å². The minimum Gasteiger partial charge on any atom is -0.385 e. The fourth-order valence-corrected chi connectivity index (χ4v) is 4.31. The Bertz CT molecular complexity index is 696. The highest BCUT2D eigenvalue weighted by molar-refractivity contribution is 7.98.